The summed E-state index contributed by atoms with van der Waals surface area (Å²) in [6.07, 6.45) is 0. The van der Waals surface area contributed by atoms with Crippen LogP contribution in [-0.2, 0) is 4.79 Å². The van der Waals surface area contributed by atoms with Crippen molar-refractivity contribution in [2.75, 3.05) is 13.2 Å². The van der Waals surface area contributed by atoms with Crippen LogP contribution in [-0.4, -0.2) is 39.7 Å². The lowest BCUT2D eigenvalue weighted by atomic mass is 10.1. The number of amides is 2. The highest BCUT2D eigenvalue weighted by atomic mass is 35.5. The molecule has 0 atom stereocenters. The summed E-state index contributed by atoms with van der Waals surface area (Å²) in [5.74, 6) is -0.509. The normalized spacial score (nSPS) is 13.7. The number of benzene rings is 2. The molecule has 27 heavy (non-hydrogen) atoms. The number of aromatic nitrogens is 2. The van der Waals surface area contributed by atoms with E-state index in [1.54, 1.807) is 35.0 Å². The van der Waals surface area contributed by atoms with Gasteiger partial charge in [-0.25, -0.2) is 4.68 Å². The molecule has 1 fully saturated rings. The molecule has 1 aromatic heterocycles. The van der Waals surface area contributed by atoms with Crippen molar-refractivity contribution in [2.45, 2.75) is 0 Å². The van der Waals surface area contributed by atoms with Crippen LogP contribution in [0, 0.1) is 0 Å². The number of halogens is 2. The van der Waals surface area contributed by atoms with Crippen molar-refractivity contribution >= 4 is 35.0 Å². The molecule has 0 aliphatic carbocycles. The molecular weight excluding hydrogens is 387 g/mol. The first-order valence-corrected chi connectivity index (χ1v) is 8.95. The summed E-state index contributed by atoms with van der Waals surface area (Å²) in [5, 5.41) is 8.23. The van der Waals surface area contributed by atoms with Gasteiger partial charge in [0.05, 0.1) is 18.1 Å². The van der Waals surface area contributed by atoms with Gasteiger partial charge in [-0.15, -0.1) is 0 Å². The second-order valence-electron chi connectivity index (χ2n) is 6.08. The van der Waals surface area contributed by atoms with E-state index in [0.717, 1.165) is 5.56 Å². The van der Waals surface area contributed by atoms with E-state index in [2.05, 4.69) is 10.4 Å². The molecule has 0 unspecified atom stereocenters. The van der Waals surface area contributed by atoms with Crippen molar-refractivity contribution in [3.8, 4) is 16.9 Å². The van der Waals surface area contributed by atoms with Gasteiger partial charge >= 0.3 is 0 Å². The number of hydrogen-bond acceptors (Lipinski definition) is 3. The van der Waals surface area contributed by atoms with Crippen LogP contribution in [0.3, 0.4) is 0 Å². The maximum absolute atomic E-state index is 12.8. The highest BCUT2D eigenvalue weighted by Crippen LogP contribution is 2.27. The minimum absolute atomic E-state index is 0.0232. The molecule has 0 saturated carbocycles. The molecule has 2 heterocycles. The fourth-order valence-electron chi connectivity index (χ4n) is 2.92. The minimum Gasteiger partial charge on any atom is -0.337 e. The highest BCUT2D eigenvalue weighted by Gasteiger charge is 2.27. The number of nitrogens with one attached hydrogen (secondary N) is 1. The van der Waals surface area contributed by atoms with Gasteiger partial charge in [-0.05, 0) is 36.4 Å². The summed E-state index contributed by atoms with van der Waals surface area (Å²) in [5.41, 5.74) is 2.46. The average molecular weight is 401 g/mol. The van der Waals surface area contributed by atoms with Gasteiger partial charge in [0.1, 0.15) is 6.54 Å². The van der Waals surface area contributed by atoms with E-state index < -0.39 is 0 Å². The molecule has 2 amide bonds. The molecule has 0 bridgehead atoms. The molecule has 2 aromatic carbocycles. The lowest BCUT2D eigenvalue weighted by Gasteiger charge is -2.10. The van der Waals surface area contributed by atoms with Crippen LogP contribution in [0.2, 0.25) is 10.0 Å². The third-order valence-corrected chi connectivity index (χ3v) is 4.66. The fourth-order valence-corrected chi connectivity index (χ4v) is 3.29. The molecule has 0 radical (unpaired) electrons. The zero-order valence-corrected chi connectivity index (χ0v) is 15.5. The van der Waals surface area contributed by atoms with Gasteiger partial charge in [0.15, 0.2) is 5.69 Å². The van der Waals surface area contributed by atoms with E-state index in [0.29, 0.717) is 21.4 Å². The van der Waals surface area contributed by atoms with Gasteiger partial charge < -0.3 is 10.2 Å². The third-order valence-electron chi connectivity index (χ3n) is 4.19. The Kier molecular flexibility index (Phi) is 4.59. The van der Waals surface area contributed by atoms with Gasteiger partial charge in [-0.2, -0.15) is 5.10 Å². The Morgan fingerprint density at radius 2 is 1.78 bits per heavy atom. The molecule has 1 N–H and O–H groups in total. The fraction of sp³-hybridized carbons (Fsp3) is 0.105. The van der Waals surface area contributed by atoms with Gasteiger partial charge in [0.25, 0.3) is 5.91 Å². The third kappa shape index (κ3) is 3.54. The van der Waals surface area contributed by atoms with Gasteiger partial charge in [-0.3, -0.25) is 9.59 Å². The first-order chi connectivity index (χ1) is 13.0. The summed E-state index contributed by atoms with van der Waals surface area (Å²) >= 11 is 12.3. The highest BCUT2D eigenvalue weighted by molar-refractivity contribution is 6.31. The maximum Gasteiger partial charge on any atom is 0.276 e. The molecule has 136 valence electrons. The Hall–Kier alpha value is -2.83. The van der Waals surface area contributed by atoms with Crippen LogP contribution in [0.25, 0.3) is 16.9 Å². The lowest BCUT2D eigenvalue weighted by molar-refractivity contribution is -0.118. The number of rotatable bonds is 3. The van der Waals surface area contributed by atoms with E-state index in [4.69, 9.17) is 23.2 Å². The maximum atomic E-state index is 12.8. The van der Waals surface area contributed by atoms with E-state index in [9.17, 15) is 9.59 Å². The topological polar surface area (TPSA) is 67.2 Å². The van der Waals surface area contributed by atoms with Crippen molar-refractivity contribution in [3.63, 3.8) is 0 Å². The predicted molar refractivity (Wildman–Crippen MR) is 103 cm³/mol. The van der Waals surface area contributed by atoms with Gasteiger partial charge in [-0.1, -0.05) is 41.4 Å². The molecule has 6 nitrogen and oxygen atoms in total. The van der Waals surface area contributed by atoms with Crippen LogP contribution in [0.15, 0.2) is 54.6 Å². The number of carbonyl (C=O) groups excluding carboxylic acids is 2. The average Bonchev–Trinajstić information content (AvgIpc) is 3.28. The summed E-state index contributed by atoms with van der Waals surface area (Å²) in [6.45, 7) is 0.198. The molecule has 8 heteroatoms. The van der Waals surface area contributed by atoms with Crippen LogP contribution in [0.1, 0.15) is 10.5 Å². The molecule has 1 aliphatic rings. The predicted octanol–water partition coefficient (Wildman–Crippen LogP) is 3.38. The Morgan fingerprint density at radius 1 is 1.04 bits per heavy atom. The van der Waals surface area contributed by atoms with Gasteiger partial charge in [0, 0.05) is 15.6 Å². The van der Waals surface area contributed by atoms with Crippen molar-refractivity contribution in [1.29, 1.82) is 0 Å². The molecular formula is C19H14Cl2N4O2. The minimum atomic E-state index is -0.322. The van der Waals surface area contributed by atoms with Crippen LogP contribution in [0.4, 0.5) is 0 Å². The zero-order valence-electron chi connectivity index (χ0n) is 14.0. The Bertz CT molecular complexity index is 985. The number of nitrogens with zero attached hydrogens (tertiary/aromatic N) is 3. The largest absolute Gasteiger partial charge is 0.337 e. The van der Waals surface area contributed by atoms with Crippen LogP contribution in [0.5, 0.6) is 0 Å². The molecule has 1 saturated heterocycles. The summed E-state index contributed by atoms with van der Waals surface area (Å²) in [4.78, 5) is 25.6. The summed E-state index contributed by atoms with van der Waals surface area (Å²) in [6, 6.07) is 16.2. The second kappa shape index (κ2) is 7.06. The first-order valence-electron chi connectivity index (χ1n) is 8.19. The molecule has 3 aromatic rings. The Morgan fingerprint density at radius 3 is 2.44 bits per heavy atom. The molecule has 4 rings (SSSR count). The van der Waals surface area contributed by atoms with E-state index in [1.165, 1.54) is 4.90 Å². The van der Waals surface area contributed by atoms with E-state index in [-0.39, 0.29) is 30.7 Å². The number of hydrogen-bond donors (Lipinski definition) is 1. The van der Waals surface area contributed by atoms with Crippen LogP contribution >= 0.6 is 23.2 Å². The van der Waals surface area contributed by atoms with Crippen molar-refractivity contribution in [3.05, 3.63) is 70.3 Å². The van der Waals surface area contributed by atoms with Crippen molar-refractivity contribution in [2.24, 2.45) is 0 Å². The first kappa shape index (κ1) is 17.6. The van der Waals surface area contributed by atoms with E-state index >= 15 is 0 Å². The second-order valence-corrected chi connectivity index (χ2v) is 6.95. The van der Waals surface area contributed by atoms with Crippen molar-refractivity contribution in [1.82, 2.24) is 20.0 Å². The Labute approximate surface area is 165 Å². The zero-order chi connectivity index (χ0) is 19.0. The molecule has 0 spiro atoms. The SMILES string of the molecule is O=C1CN(C(=O)c2cc(-c3cccc(Cl)c3)n(-c3cccc(Cl)c3)n2)CN1. The Balaban J connectivity index is 1.82. The standard InChI is InChI=1S/C19H14Cl2N4O2/c20-13-4-1-3-12(7-13)17-9-16(19(27)24-10-18(26)22-11-24)23-25(17)15-6-2-5-14(21)8-15/h1-9H,10-11H2,(H,22,26). The van der Waals surface area contributed by atoms with Gasteiger partial charge in [0.2, 0.25) is 5.91 Å². The lowest BCUT2D eigenvalue weighted by Crippen LogP contribution is -2.30. The quantitative estimate of drug-likeness (QED) is 0.732. The van der Waals surface area contributed by atoms with Crippen molar-refractivity contribution < 1.29 is 9.59 Å². The smallest absolute Gasteiger partial charge is 0.276 e. The summed E-state index contributed by atoms with van der Waals surface area (Å²) < 4.78 is 1.65. The van der Waals surface area contributed by atoms with Crippen LogP contribution < -0.4 is 5.32 Å². The van der Waals surface area contributed by atoms with E-state index in [1.807, 2.05) is 24.3 Å². The molecule has 1 aliphatic heterocycles. The monoisotopic (exact) mass is 400 g/mol. The number of carbonyl (C=O) groups is 2. The summed E-state index contributed by atoms with van der Waals surface area (Å²) in [7, 11) is 0.